The summed E-state index contributed by atoms with van der Waals surface area (Å²) in [5, 5.41) is 14.3. The Hall–Kier alpha value is -2.17. The summed E-state index contributed by atoms with van der Waals surface area (Å²) in [5.74, 6) is 0.463. The average Bonchev–Trinajstić information content (AvgIpc) is 2.69. The molecule has 0 atom stereocenters. The largest absolute Gasteiger partial charge is 0.711 e. The molecule has 0 unspecified atom stereocenters. The molecule has 0 fully saturated rings. The summed E-state index contributed by atoms with van der Waals surface area (Å²) < 4.78 is 5.61. The van der Waals surface area contributed by atoms with E-state index < -0.39 is 0 Å². The molecule has 5 heteroatoms. The van der Waals surface area contributed by atoms with Crippen LogP contribution < -0.4 is 15.8 Å². The SMILES string of the molecule is Nc1ccc(NCc2ccoc2)[n+]([O-])c1. The highest BCUT2D eigenvalue weighted by Crippen LogP contribution is 2.06. The van der Waals surface area contributed by atoms with Crippen molar-refractivity contribution in [1.82, 2.24) is 0 Å². The fraction of sp³-hybridized carbons (Fsp3) is 0.100. The lowest BCUT2D eigenvalue weighted by Crippen LogP contribution is -2.30. The lowest BCUT2D eigenvalue weighted by molar-refractivity contribution is -0.589. The third-order valence-electron chi connectivity index (χ3n) is 1.99. The molecular weight excluding hydrogens is 194 g/mol. The van der Waals surface area contributed by atoms with Gasteiger partial charge in [-0.15, -0.1) is 0 Å². The summed E-state index contributed by atoms with van der Waals surface area (Å²) in [6.07, 6.45) is 4.53. The Kier molecular flexibility index (Phi) is 2.45. The second kappa shape index (κ2) is 3.91. The molecule has 3 N–H and O–H groups in total. The van der Waals surface area contributed by atoms with Crippen LogP contribution in [0, 0.1) is 5.21 Å². The summed E-state index contributed by atoms with van der Waals surface area (Å²) in [6.45, 7) is 0.544. The number of rotatable bonds is 3. The molecule has 78 valence electrons. The van der Waals surface area contributed by atoms with Crippen LogP contribution >= 0.6 is 0 Å². The van der Waals surface area contributed by atoms with Crippen molar-refractivity contribution in [3.05, 3.63) is 47.7 Å². The zero-order chi connectivity index (χ0) is 10.7. The maximum absolute atomic E-state index is 11.4. The predicted octanol–water partition coefficient (Wildman–Crippen LogP) is 1.11. The van der Waals surface area contributed by atoms with Crippen LogP contribution in [0.25, 0.3) is 0 Å². The lowest BCUT2D eigenvalue weighted by atomic mass is 10.3. The van der Waals surface area contributed by atoms with E-state index in [1.807, 2.05) is 6.07 Å². The van der Waals surface area contributed by atoms with Crippen molar-refractivity contribution in [1.29, 1.82) is 0 Å². The van der Waals surface area contributed by atoms with Crippen molar-refractivity contribution < 1.29 is 9.15 Å². The minimum absolute atomic E-state index is 0.443. The van der Waals surface area contributed by atoms with Crippen LogP contribution in [0.1, 0.15) is 5.56 Å². The third-order valence-corrected chi connectivity index (χ3v) is 1.99. The highest BCUT2D eigenvalue weighted by atomic mass is 16.5. The van der Waals surface area contributed by atoms with Gasteiger partial charge in [-0.2, -0.15) is 0 Å². The van der Waals surface area contributed by atoms with Gasteiger partial charge in [0.15, 0.2) is 0 Å². The average molecular weight is 205 g/mol. The summed E-state index contributed by atoms with van der Waals surface area (Å²) >= 11 is 0. The van der Waals surface area contributed by atoms with Crippen LogP contribution in [0.3, 0.4) is 0 Å². The fourth-order valence-corrected chi connectivity index (χ4v) is 1.22. The van der Waals surface area contributed by atoms with E-state index in [-0.39, 0.29) is 0 Å². The van der Waals surface area contributed by atoms with E-state index in [4.69, 9.17) is 10.2 Å². The van der Waals surface area contributed by atoms with Crippen LogP contribution in [0.2, 0.25) is 0 Å². The number of nitrogen functional groups attached to an aromatic ring is 1. The number of nitrogens with two attached hydrogens (primary N) is 1. The number of nitrogens with one attached hydrogen (secondary N) is 1. The molecule has 0 saturated carbocycles. The first-order chi connectivity index (χ1) is 7.25. The minimum atomic E-state index is 0.443. The van der Waals surface area contributed by atoms with Crippen molar-refractivity contribution in [2.75, 3.05) is 11.1 Å². The van der Waals surface area contributed by atoms with E-state index in [1.54, 1.807) is 24.7 Å². The van der Waals surface area contributed by atoms with Gasteiger partial charge in [0.2, 0.25) is 0 Å². The van der Waals surface area contributed by atoms with Crippen LogP contribution in [0.4, 0.5) is 11.5 Å². The second-order valence-electron chi connectivity index (χ2n) is 3.16. The molecule has 2 aromatic rings. The molecule has 2 aromatic heterocycles. The second-order valence-corrected chi connectivity index (χ2v) is 3.16. The number of anilines is 2. The Morgan fingerprint density at radius 1 is 1.40 bits per heavy atom. The molecule has 5 nitrogen and oxygen atoms in total. The van der Waals surface area contributed by atoms with Gasteiger partial charge in [-0.05, 0) is 12.1 Å². The van der Waals surface area contributed by atoms with Gasteiger partial charge in [0.25, 0.3) is 5.82 Å². The zero-order valence-electron chi connectivity index (χ0n) is 8.01. The Labute approximate surface area is 86.7 Å². The van der Waals surface area contributed by atoms with Crippen molar-refractivity contribution in [2.24, 2.45) is 0 Å². The topological polar surface area (TPSA) is 78.1 Å². The summed E-state index contributed by atoms with van der Waals surface area (Å²) in [6, 6.07) is 5.15. The Bertz CT molecular complexity index is 440. The first-order valence-electron chi connectivity index (χ1n) is 4.49. The first kappa shape index (κ1) is 9.39. The van der Waals surface area contributed by atoms with E-state index in [0.717, 1.165) is 5.56 Å². The van der Waals surface area contributed by atoms with E-state index in [1.165, 1.54) is 6.20 Å². The summed E-state index contributed by atoms with van der Waals surface area (Å²) in [4.78, 5) is 0. The van der Waals surface area contributed by atoms with Crippen LogP contribution in [-0.2, 0) is 6.54 Å². The van der Waals surface area contributed by atoms with Gasteiger partial charge >= 0.3 is 0 Å². The fourth-order valence-electron chi connectivity index (χ4n) is 1.22. The molecule has 0 aliphatic heterocycles. The molecule has 0 bridgehead atoms. The number of hydrogen-bond acceptors (Lipinski definition) is 4. The van der Waals surface area contributed by atoms with E-state index in [9.17, 15) is 5.21 Å². The van der Waals surface area contributed by atoms with Crippen LogP contribution in [-0.4, -0.2) is 0 Å². The quantitative estimate of drug-likeness (QED) is 0.581. The monoisotopic (exact) mass is 205 g/mol. The Balaban J connectivity index is 2.05. The van der Waals surface area contributed by atoms with Crippen molar-refractivity contribution >= 4 is 11.5 Å². The van der Waals surface area contributed by atoms with E-state index >= 15 is 0 Å². The number of aromatic nitrogens is 1. The molecule has 0 aliphatic rings. The number of hydrogen-bond donors (Lipinski definition) is 2. The van der Waals surface area contributed by atoms with Crippen LogP contribution in [0.5, 0.6) is 0 Å². The first-order valence-corrected chi connectivity index (χ1v) is 4.49. The minimum Gasteiger partial charge on any atom is -0.711 e. The van der Waals surface area contributed by atoms with Gasteiger partial charge in [-0.25, -0.2) is 4.73 Å². The maximum atomic E-state index is 11.4. The van der Waals surface area contributed by atoms with Gasteiger partial charge in [0, 0.05) is 11.6 Å². The molecule has 2 heterocycles. The third kappa shape index (κ3) is 2.19. The lowest BCUT2D eigenvalue weighted by Gasteiger charge is -2.08. The van der Waals surface area contributed by atoms with Crippen molar-refractivity contribution in [3.63, 3.8) is 0 Å². The molecule has 0 spiro atoms. The number of furan rings is 1. The standard InChI is InChI=1S/C10H11N3O2/c11-9-1-2-10(13(14)6-9)12-5-8-3-4-15-7-8/h1-4,6-7,12H,5,11H2. The van der Waals surface area contributed by atoms with Crippen LogP contribution in [0.15, 0.2) is 41.3 Å². The maximum Gasteiger partial charge on any atom is 0.277 e. The molecule has 0 saturated heterocycles. The molecule has 0 amide bonds. The molecular formula is C10H11N3O2. The molecule has 2 rings (SSSR count). The van der Waals surface area contributed by atoms with Gasteiger partial charge in [-0.1, -0.05) is 0 Å². The Morgan fingerprint density at radius 3 is 2.93 bits per heavy atom. The predicted molar refractivity (Wildman–Crippen MR) is 55.8 cm³/mol. The van der Waals surface area contributed by atoms with E-state index in [0.29, 0.717) is 22.8 Å². The molecule has 0 aromatic carbocycles. The smallest absolute Gasteiger partial charge is 0.277 e. The van der Waals surface area contributed by atoms with Crippen molar-refractivity contribution in [3.8, 4) is 0 Å². The Morgan fingerprint density at radius 2 is 2.27 bits per heavy atom. The molecule has 0 radical (unpaired) electrons. The molecule has 0 aliphatic carbocycles. The number of pyridine rings is 1. The normalized spacial score (nSPS) is 10.1. The number of nitrogens with zero attached hydrogens (tertiary/aromatic N) is 1. The van der Waals surface area contributed by atoms with Gasteiger partial charge < -0.3 is 15.4 Å². The molecule has 15 heavy (non-hydrogen) atoms. The van der Waals surface area contributed by atoms with Crippen molar-refractivity contribution in [2.45, 2.75) is 6.54 Å². The zero-order valence-corrected chi connectivity index (χ0v) is 8.01. The van der Waals surface area contributed by atoms with E-state index in [2.05, 4.69) is 5.32 Å². The van der Waals surface area contributed by atoms with Gasteiger partial charge in [0.1, 0.15) is 12.7 Å². The summed E-state index contributed by atoms with van der Waals surface area (Å²) in [5.41, 5.74) is 6.88. The van der Waals surface area contributed by atoms with Gasteiger partial charge in [0.05, 0.1) is 18.2 Å². The highest BCUT2D eigenvalue weighted by Gasteiger charge is 2.04. The highest BCUT2D eigenvalue weighted by molar-refractivity contribution is 5.39. The van der Waals surface area contributed by atoms with Gasteiger partial charge in [-0.3, -0.25) is 5.32 Å². The summed E-state index contributed by atoms with van der Waals surface area (Å²) in [7, 11) is 0.